The molecular formula is C28H28N2Si. The van der Waals surface area contributed by atoms with Crippen LogP contribution in [-0.2, 0) is 0 Å². The van der Waals surface area contributed by atoms with Gasteiger partial charge in [-0.2, -0.15) is 0 Å². The minimum absolute atomic E-state index is 0.581. The smallest absolute Gasteiger partial charge is 0.113 e. The average molecular weight is 421 g/mol. The fraction of sp³-hybridized carbons (Fsp3) is 0.179. The lowest BCUT2D eigenvalue weighted by atomic mass is 9.83. The Labute approximate surface area is 186 Å². The molecule has 3 aromatic rings. The summed E-state index contributed by atoms with van der Waals surface area (Å²) in [4.78, 5) is 2.19. The van der Waals surface area contributed by atoms with Gasteiger partial charge in [0.1, 0.15) is 8.07 Å². The van der Waals surface area contributed by atoms with E-state index in [-0.39, 0.29) is 0 Å². The molecule has 0 radical (unpaired) electrons. The number of nitrogens with one attached hydrogen (secondary N) is 1. The summed E-state index contributed by atoms with van der Waals surface area (Å²) < 4.78 is 0. The zero-order chi connectivity index (χ0) is 21.9. The highest BCUT2D eigenvalue weighted by Crippen LogP contribution is 2.39. The predicted octanol–water partition coefficient (Wildman–Crippen LogP) is 5.09. The summed E-state index contributed by atoms with van der Waals surface area (Å²) in [7, 11) is 2.35. The summed E-state index contributed by atoms with van der Waals surface area (Å²) in [6.07, 6.45) is 4.09. The molecule has 1 aliphatic carbocycles. The summed E-state index contributed by atoms with van der Waals surface area (Å²) in [5.74, 6) is 0. The van der Waals surface area contributed by atoms with Gasteiger partial charge >= 0.3 is 0 Å². The van der Waals surface area contributed by atoms with Crippen molar-refractivity contribution in [3.63, 3.8) is 0 Å². The van der Waals surface area contributed by atoms with Crippen molar-refractivity contribution in [1.82, 2.24) is 0 Å². The number of rotatable bonds is 1. The van der Waals surface area contributed by atoms with Gasteiger partial charge in [-0.05, 0) is 63.3 Å². The number of fused-ring (bicyclic) bond motifs is 3. The Balaban J connectivity index is 1.92. The fourth-order valence-corrected chi connectivity index (χ4v) is 8.19. The third-order valence-electron chi connectivity index (χ3n) is 6.77. The number of nitrogens with zero attached hydrogens (tertiary/aromatic N) is 1. The molecule has 154 valence electrons. The summed E-state index contributed by atoms with van der Waals surface area (Å²) in [5, 5.41) is 11.4. The Kier molecular flexibility index (Phi) is 4.42. The number of hydrogen-bond donors (Lipinski definition) is 1. The Morgan fingerprint density at radius 2 is 1.39 bits per heavy atom. The van der Waals surface area contributed by atoms with Gasteiger partial charge in [0.05, 0.1) is 5.71 Å². The molecule has 0 fully saturated rings. The summed E-state index contributed by atoms with van der Waals surface area (Å²) in [6, 6.07) is 22.3. The van der Waals surface area contributed by atoms with Crippen molar-refractivity contribution < 1.29 is 0 Å². The molecule has 0 aromatic heterocycles. The lowest BCUT2D eigenvalue weighted by Gasteiger charge is -2.37. The molecule has 3 heteroatoms. The van der Waals surface area contributed by atoms with Gasteiger partial charge in [0, 0.05) is 25.3 Å². The number of allylic oxidation sites excluding steroid dienone is 3. The van der Waals surface area contributed by atoms with Crippen LogP contribution in [0.25, 0.3) is 11.1 Å². The molecule has 0 saturated carbocycles. The maximum atomic E-state index is 8.42. The second-order valence-corrected chi connectivity index (χ2v) is 13.7. The second-order valence-electron chi connectivity index (χ2n) is 9.38. The molecule has 1 heterocycles. The van der Waals surface area contributed by atoms with Crippen LogP contribution in [0.15, 0.2) is 72.8 Å². The first-order valence-corrected chi connectivity index (χ1v) is 13.8. The highest BCUT2D eigenvalue weighted by atomic mass is 28.3. The summed E-state index contributed by atoms with van der Waals surface area (Å²) in [5.41, 5.74) is 10.5. The van der Waals surface area contributed by atoms with Gasteiger partial charge in [-0.15, -0.1) is 0 Å². The van der Waals surface area contributed by atoms with Gasteiger partial charge in [0.2, 0.25) is 0 Å². The largest absolute Gasteiger partial charge is 0.378 e. The number of benzene rings is 3. The first kappa shape index (κ1) is 19.8. The second kappa shape index (κ2) is 6.93. The molecule has 3 aromatic carbocycles. The highest BCUT2D eigenvalue weighted by Gasteiger charge is 2.38. The van der Waals surface area contributed by atoms with Crippen LogP contribution < -0.4 is 15.3 Å². The molecule has 0 spiro atoms. The van der Waals surface area contributed by atoms with E-state index < -0.39 is 8.07 Å². The van der Waals surface area contributed by atoms with E-state index in [0.717, 1.165) is 11.1 Å². The van der Waals surface area contributed by atoms with Crippen molar-refractivity contribution >= 4 is 41.0 Å². The molecule has 2 aliphatic rings. The minimum atomic E-state index is -1.88. The topological polar surface area (TPSA) is 27.1 Å². The molecule has 1 aliphatic heterocycles. The number of hydrogen-bond acceptors (Lipinski definition) is 2. The predicted molar refractivity (Wildman–Crippen MR) is 137 cm³/mol. The van der Waals surface area contributed by atoms with Gasteiger partial charge in [0.25, 0.3) is 0 Å². The van der Waals surface area contributed by atoms with E-state index in [0.29, 0.717) is 5.71 Å². The van der Waals surface area contributed by atoms with Crippen molar-refractivity contribution in [1.29, 1.82) is 5.41 Å². The Morgan fingerprint density at radius 3 is 2.10 bits per heavy atom. The third-order valence-corrected chi connectivity index (χ3v) is 10.3. The van der Waals surface area contributed by atoms with Crippen LogP contribution in [0.3, 0.4) is 0 Å². The van der Waals surface area contributed by atoms with Crippen LogP contribution in [0.2, 0.25) is 13.1 Å². The van der Waals surface area contributed by atoms with Gasteiger partial charge in [-0.3, -0.25) is 0 Å². The molecule has 0 unspecified atom stereocenters. The zero-order valence-corrected chi connectivity index (χ0v) is 19.9. The summed E-state index contributed by atoms with van der Waals surface area (Å²) in [6.45, 7) is 7.15. The lowest BCUT2D eigenvalue weighted by molar-refractivity contribution is 1.13. The van der Waals surface area contributed by atoms with Crippen LogP contribution in [0, 0.1) is 12.3 Å². The zero-order valence-electron chi connectivity index (χ0n) is 18.9. The molecule has 0 saturated heterocycles. The third kappa shape index (κ3) is 2.95. The molecular weight excluding hydrogens is 392 g/mol. The van der Waals surface area contributed by atoms with Crippen molar-refractivity contribution in [2.75, 3.05) is 19.0 Å². The van der Waals surface area contributed by atoms with Crippen molar-refractivity contribution in [2.45, 2.75) is 20.0 Å². The first-order valence-electron chi connectivity index (χ1n) is 10.8. The maximum Gasteiger partial charge on any atom is 0.113 e. The van der Waals surface area contributed by atoms with Crippen LogP contribution in [0.5, 0.6) is 0 Å². The molecule has 31 heavy (non-hydrogen) atoms. The maximum absolute atomic E-state index is 8.42. The van der Waals surface area contributed by atoms with Crippen molar-refractivity contribution in [3.8, 4) is 0 Å². The number of aryl methyl sites for hydroxylation is 1. The Bertz CT molecular complexity index is 1310. The Morgan fingerprint density at radius 1 is 0.742 bits per heavy atom. The van der Waals surface area contributed by atoms with Crippen LogP contribution >= 0.6 is 0 Å². The molecule has 1 N–H and O–H groups in total. The van der Waals surface area contributed by atoms with Gasteiger partial charge in [-0.25, -0.2) is 0 Å². The average Bonchev–Trinajstić information content (AvgIpc) is 2.75. The van der Waals surface area contributed by atoms with Gasteiger partial charge < -0.3 is 10.3 Å². The van der Waals surface area contributed by atoms with Gasteiger partial charge in [0.15, 0.2) is 0 Å². The molecule has 0 atom stereocenters. The monoisotopic (exact) mass is 420 g/mol. The molecule has 0 bridgehead atoms. The van der Waals surface area contributed by atoms with Crippen molar-refractivity contribution in [2.24, 2.45) is 0 Å². The highest BCUT2D eigenvalue weighted by molar-refractivity contribution is 7.02. The normalized spacial score (nSPS) is 18.3. The van der Waals surface area contributed by atoms with E-state index in [1.54, 1.807) is 0 Å². The van der Waals surface area contributed by atoms with E-state index in [2.05, 4.69) is 99.7 Å². The molecule has 0 amide bonds. The lowest BCUT2D eigenvalue weighted by Crippen LogP contribution is -2.58. The van der Waals surface area contributed by atoms with Gasteiger partial charge in [-0.1, -0.05) is 73.3 Å². The van der Waals surface area contributed by atoms with E-state index in [1.165, 1.54) is 43.9 Å². The van der Waals surface area contributed by atoms with Crippen molar-refractivity contribution in [3.05, 3.63) is 101 Å². The molecule has 2 nitrogen and oxygen atoms in total. The van der Waals surface area contributed by atoms with Crippen LogP contribution in [0.1, 0.15) is 27.8 Å². The van der Waals surface area contributed by atoms with E-state index in [1.807, 2.05) is 12.1 Å². The Hall–Kier alpha value is -3.17. The standard InChI is InChI=1S/C28H28N2Si/c1-18-10-12-23-26(16-18)31(4,5)27-17-19(30(2)3)11-13-24(27)28(23)22-14-15-25(29)21-9-7-6-8-20(21)22/h6-17,29H,1-5H3. The molecule has 5 rings (SSSR count). The SMILES string of the molecule is Cc1ccc2c(c1)[Si](C)(C)c1cc(N(C)C)ccc1C2=C1C=CC(=N)c2ccccc21. The van der Waals surface area contributed by atoms with E-state index >= 15 is 0 Å². The quantitative estimate of drug-likeness (QED) is 0.545. The van der Waals surface area contributed by atoms with Crippen LogP contribution in [-0.4, -0.2) is 27.9 Å². The summed E-state index contributed by atoms with van der Waals surface area (Å²) >= 11 is 0. The fourth-order valence-electron chi connectivity index (χ4n) is 5.04. The van der Waals surface area contributed by atoms with E-state index in [4.69, 9.17) is 5.41 Å². The number of anilines is 1. The minimum Gasteiger partial charge on any atom is -0.378 e. The van der Waals surface area contributed by atoms with E-state index in [9.17, 15) is 0 Å². The first-order chi connectivity index (χ1) is 14.8. The van der Waals surface area contributed by atoms with Crippen LogP contribution in [0.4, 0.5) is 5.69 Å².